The van der Waals surface area contributed by atoms with Crippen LogP contribution in [0.2, 0.25) is 0 Å². The zero-order valence-corrected chi connectivity index (χ0v) is 18.4. The van der Waals surface area contributed by atoms with Crippen LogP contribution >= 0.6 is 0 Å². The van der Waals surface area contributed by atoms with Crippen molar-refractivity contribution >= 4 is 21.6 Å². The number of nitrogens with zero attached hydrogens (tertiary/aromatic N) is 4. The fraction of sp³-hybridized carbons (Fsp3) is 0.273. The van der Waals surface area contributed by atoms with E-state index in [-0.39, 0.29) is 35.0 Å². The summed E-state index contributed by atoms with van der Waals surface area (Å²) in [6.45, 7) is 0.896. The van der Waals surface area contributed by atoms with Crippen molar-refractivity contribution in [2.75, 3.05) is 30.9 Å². The molecule has 32 heavy (non-hydrogen) atoms. The summed E-state index contributed by atoms with van der Waals surface area (Å²) in [4.78, 5) is 36.2. The molecule has 0 saturated carbocycles. The predicted molar refractivity (Wildman–Crippen MR) is 119 cm³/mol. The van der Waals surface area contributed by atoms with Gasteiger partial charge >= 0.3 is 0 Å². The van der Waals surface area contributed by atoms with E-state index in [4.69, 9.17) is 4.74 Å². The molecule has 0 radical (unpaired) electrons. The highest BCUT2D eigenvalue weighted by Gasteiger charge is 2.30. The lowest BCUT2D eigenvalue weighted by Gasteiger charge is -2.33. The van der Waals surface area contributed by atoms with Gasteiger partial charge in [-0.1, -0.05) is 12.1 Å². The highest BCUT2D eigenvalue weighted by Crippen LogP contribution is 2.21. The first-order valence-corrected chi connectivity index (χ1v) is 11.8. The first kappa shape index (κ1) is 21.8. The van der Waals surface area contributed by atoms with Gasteiger partial charge in [-0.25, -0.2) is 13.4 Å². The van der Waals surface area contributed by atoms with Gasteiger partial charge in [0.2, 0.25) is 5.95 Å². The van der Waals surface area contributed by atoms with Gasteiger partial charge in [0.15, 0.2) is 15.6 Å². The third-order valence-corrected chi connectivity index (χ3v) is 6.39. The average molecular weight is 455 g/mol. The molecule has 10 heteroatoms. The first-order valence-electron chi connectivity index (χ1n) is 9.93. The minimum absolute atomic E-state index is 0.0742. The third-order valence-electron chi connectivity index (χ3n) is 5.28. The number of ether oxygens (including phenoxy) is 1. The Hall–Kier alpha value is -3.37. The SMILES string of the molecule is Cn1c(N2CCOC(C(=O)c3cccc(S(C)(=O)=O)c3)C2)nc(-c2ccncc2)cc1=O. The Balaban J connectivity index is 1.63. The Kier molecular flexibility index (Phi) is 5.90. The standard InChI is InChI=1S/C22H22N4O5S/c1-25-20(27)13-18(15-6-8-23-9-7-15)24-22(25)26-10-11-31-19(14-26)21(28)16-4-3-5-17(12-16)32(2,29)30/h3-9,12-13,19H,10-11,14H2,1-2H3. The molecule has 0 amide bonds. The molecule has 1 aromatic carbocycles. The van der Waals surface area contributed by atoms with Gasteiger partial charge in [-0.15, -0.1) is 0 Å². The number of carbonyl (C=O) groups is 1. The summed E-state index contributed by atoms with van der Waals surface area (Å²) in [5.41, 5.74) is 1.31. The maximum atomic E-state index is 13.1. The minimum atomic E-state index is -3.44. The predicted octanol–water partition coefficient (Wildman–Crippen LogP) is 1.33. The molecule has 1 unspecified atom stereocenters. The number of morpholine rings is 1. The minimum Gasteiger partial charge on any atom is -0.366 e. The second kappa shape index (κ2) is 8.64. The van der Waals surface area contributed by atoms with E-state index >= 15 is 0 Å². The van der Waals surface area contributed by atoms with Crippen molar-refractivity contribution in [3.8, 4) is 11.3 Å². The van der Waals surface area contributed by atoms with Gasteiger partial charge < -0.3 is 9.64 Å². The van der Waals surface area contributed by atoms with Crippen LogP contribution in [-0.4, -0.2) is 60.8 Å². The van der Waals surface area contributed by atoms with Crippen LogP contribution in [0.4, 0.5) is 5.95 Å². The van der Waals surface area contributed by atoms with Crippen LogP contribution in [0.25, 0.3) is 11.3 Å². The molecule has 2 aromatic heterocycles. The molecule has 4 rings (SSSR count). The number of ketones is 1. The number of hydrogen-bond acceptors (Lipinski definition) is 8. The molecule has 3 aromatic rings. The molecule has 1 aliphatic heterocycles. The second-order valence-corrected chi connectivity index (χ2v) is 9.56. The smallest absolute Gasteiger partial charge is 0.255 e. The Morgan fingerprint density at radius 3 is 2.62 bits per heavy atom. The van der Waals surface area contributed by atoms with Crippen molar-refractivity contribution < 1.29 is 17.9 Å². The highest BCUT2D eigenvalue weighted by molar-refractivity contribution is 7.90. The highest BCUT2D eigenvalue weighted by atomic mass is 32.2. The third kappa shape index (κ3) is 4.46. The molecular formula is C22H22N4O5S. The van der Waals surface area contributed by atoms with E-state index in [2.05, 4.69) is 9.97 Å². The molecule has 0 aliphatic carbocycles. The Bertz CT molecular complexity index is 1320. The number of anilines is 1. The van der Waals surface area contributed by atoms with E-state index in [1.165, 1.54) is 28.8 Å². The van der Waals surface area contributed by atoms with Crippen LogP contribution in [0.1, 0.15) is 10.4 Å². The molecule has 3 heterocycles. The fourth-order valence-corrected chi connectivity index (χ4v) is 4.20. The zero-order chi connectivity index (χ0) is 22.9. The summed E-state index contributed by atoms with van der Waals surface area (Å²) in [5, 5.41) is 0. The number of pyridine rings is 1. The summed E-state index contributed by atoms with van der Waals surface area (Å²) in [7, 11) is -1.81. The summed E-state index contributed by atoms with van der Waals surface area (Å²) in [6.07, 6.45) is 3.53. The Morgan fingerprint density at radius 1 is 1.16 bits per heavy atom. The molecule has 0 spiro atoms. The first-order chi connectivity index (χ1) is 15.2. The summed E-state index contributed by atoms with van der Waals surface area (Å²) in [5.74, 6) is 0.103. The lowest BCUT2D eigenvalue weighted by molar-refractivity contribution is 0.0336. The maximum absolute atomic E-state index is 13.1. The Labute approximate surface area is 185 Å². The van der Waals surface area contributed by atoms with E-state index in [0.29, 0.717) is 18.2 Å². The number of hydrogen-bond donors (Lipinski definition) is 0. The van der Waals surface area contributed by atoms with Gasteiger partial charge in [-0.05, 0) is 24.3 Å². The fourth-order valence-electron chi connectivity index (χ4n) is 3.54. The number of carbonyl (C=O) groups excluding carboxylic acids is 1. The number of aromatic nitrogens is 3. The molecular weight excluding hydrogens is 432 g/mol. The van der Waals surface area contributed by atoms with Crippen molar-refractivity contribution in [1.82, 2.24) is 14.5 Å². The molecule has 166 valence electrons. The van der Waals surface area contributed by atoms with E-state index in [1.807, 2.05) is 4.90 Å². The van der Waals surface area contributed by atoms with Gasteiger partial charge in [-0.3, -0.25) is 19.1 Å². The van der Waals surface area contributed by atoms with Gasteiger partial charge in [-0.2, -0.15) is 0 Å². The van der Waals surface area contributed by atoms with Crippen molar-refractivity contribution in [2.24, 2.45) is 7.05 Å². The molecule has 0 bridgehead atoms. The van der Waals surface area contributed by atoms with Crippen LogP contribution in [-0.2, 0) is 21.6 Å². The van der Waals surface area contributed by atoms with E-state index in [0.717, 1.165) is 11.8 Å². The monoisotopic (exact) mass is 454 g/mol. The molecule has 9 nitrogen and oxygen atoms in total. The van der Waals surface area contributed by atoms with Crippen LogP contribution in [0.15, 0.2) is 64.5 Å². The van der Waals surface area contributed by atoms with Gasteiger partial charge in [0, 0.05) is 49.4 Å². The van der Waals surface area contributed by atoms with Crippen molar-refractivity contribution in [3.63, 3.8) is 0 Å². The maximum Gasteiger partial charge on any atom is 0.255 e. The lowest BCUT2D eigenvalue weighted by atomic mass is 10.1. The largest absolute Gasteiger partial charge is 0.366 e. The van der Waals surface area contributed by atoms with Gasteiger partial charge in [0.05, 0.1) is 23.7 Å². The quantitative estimate of drug-likeness (QED) is 0.531. The number of rotatable bonds is 5. The zero-order valence-electron chi connectivity index (χ0n) is 17.6. The van der Waals surface area contributed by atoms with Crippen LogP contribution < -0.4 is 10.5 Å². The van der Waals surface area contributed by atoms with Crippen molar-refractivity contribution in [2.45, 2.75) is 11.0 Å². The average Bonchev–Trinajstić information content (AvgIpc) is 2.80. The molecule has 0 N–H and O–H groups in total. The van der Waals surface area contributed by atoms with Crippen LogP contribution in [0, 0.1) is 0 Å². The van der Waals surface area contributed by atoms with Crippen LogP contribution in [0.3, 0.4) is 0 Å². The molecule has 1 aliphatic rings. The molecule has 1 fully saturated rings. The lowest BCUT2D eigenvalue weighted by Crippen LogP contribution is -2.48. The van der Waals surface area contributed by atoms with Crippen LogP contribution in [0.5, 0.6) is 0 Å². The molecule has 1 saturated heterocycles. The normalized spacial score (nSPS) is 16.7. The summed E-state index contributed by atoms with van der Waals surface area (Å²) >= 11 is 0. The van der Waals surface area contributed by atoms with E-state index in [1.54, 1.807) is 37.6 Å². The Morgan fingerprint density at radius 2 is 1.91 bits per heavy atom. The van der Waals surface area contributed by atoms with Gasteiger partial charge in [0.1, 0.15) is 6.10 Å². The van der Waals surface area contributed by atoms with E-state index in [9.17, 15) is 18.0 Å². The van der Waals surface area contributed by atoms with E-state index < -0.39 is 15.9 Å². The van der Waals surface area contributed by atoms with Gasteiger partial charge in [0.25, 0.3) is 5.56 Å². The topological polar surface area (TPSA) is 111 Å². The van der Waals surface area contributed by atoms with Crippen molar-refractivity contribution in [1.29, 1.82) is 0 Å². The molecule has 1 atom stereocenters. The number of sulfone groups is 1. The second-order valence-electron chi connectivity index (χ2n) is 7.54. The summed E-state index contributed by atoms with van der Waals surface area (Å²) in [6, 6.07) is 10.9. The number of Topliss-reactive ketones (excluding diaryl/α,β-unsaturated/α-hetero) is 1. The summed E-state index contributed by atoms with van der Waals surface area (Å²) < 4.78 is 30.8. The van der Waals surface area contributed by atoms with Crippen molar-refractivity contribution in [3.05, 3.63) is 70.8 Å². The number of benzene rings is 1.